The Morgan fingerprint density at radius 1 is 0.778 bits per heavy atom. The monoisotopic (exact) mass is 800 g/mol. The number of benzene rings is 4. The molecule has 0 amide bonds. The Labute approximate surface area is 274 Å². The third kappa shape index (κ3) is 3.04. The van der Waals surface area contributed by atoms with Gasteiger partial charge in [-0.15, -0.1) is 0 Å². The van der Waals surface area contributed by atoms with Gasteiger partial charge < -0.3 is 0 Å². The van der Waals surface area contributed by atoms with Crippen molar-refractivity contribution < 1.29 is 0 Å². The van der Waals surface area contributed by atoms with Crippen LogP contribution in [0.15, 0.2) is 91.0 Å². The Kier molecular flexibility index (Phi) is 4.86. The van der Waals surface area contributed by atoms with Crippen molar-refractivity contribution in [1.82, 2.24) is 17.3 Å². The fraction of sp³-hybridized carbons (Fsp3) is 0.0769. The molecule has 0 saturated heterocycles. The molecule has 212 valence electrons. The summed E-state index contributed by atoms with van der Waals surface area (Å²) in [5.41, 5.74) is 18.5. The van der Waals surface area contributed by atoms with Crippen LogP contribution < -0.4 is 21.1 Å². The van der Waals surface area contributed by atoms with Gasteiger partial charge in [0.05, 0.1) is 0 Å². The van der Waals surface area contributed by atoms with Crippen molar-refractivity contribution in [2.45, 2.75) is 19.8 Å². The average molecular weight is 800 g/mol. The van der Waals surface area contributed by atoms with E-state index in [0.717, 1.165) is 33.3 Å². The molecule has 11 rings (SSSR count). The van der Waals surface area contributed by atoms with E-state index in [4.69, 9.17) is 9.97 Å². The van der Waals surface area contributed by atoms with Crippen LogP contribution in [0, 0.1) is 10.6 Å². The first-order chi connectivity index (χ1) is 22.2. The van der Waals surface area contributed by atoms with Crippen LogP contribution in [0.2, 0.25) is 0 Å². The molecule has 3 aromatic heterocycles. The van der Waals surface area contributed by atoms with E-state index in [-0.39, 0.29) is 0 Å². The molecular weight excluding hydrogens is 778 g/mol. The Bertz CT molecular complexity index is 2980. The molecule has 0 radical (unpaired) electrons. The molecule has 3 aliphatic carbocycles. The summed E-state index contributed by atoms with van der Waals surface area (Å²) in [7, 11) is 0. The van der Waals surface area contributed by atoms with Crippen LogP contribution in [0.25, 0.3) is 71.8 Å². The number of nitrogens with zero attached hydrogens (tertiary/aromatic N) is 4. The molecule has 4 aromatic carbocycles. The van der Waals surface area contributed by atoms with Gasteiger partial charge in [0.25, 0.3) is 0 Å². The van der Waals surface area contributed by atoms with Crippen molar-refractivity contribution >= 4 is 107 Å². The number of aryl methyl sites for hydroxylation is 2. The summed E-state index contributed by atoms with van der Waals surface area (Å²) in [6.07, 6.45) is 9.05. The maximum absolute atomic E-state index is 5.21. The van der Waals surface area contributed by atoms with Crippen molar-refractivity contribution in [3.05, 3.63) is 133 Å². The second-order valence-corrected chi connectivity index (χ2v) is 20.5. The van der Waals surface area contributed by atoms with Gasteiger partial charge in [-0.2, -0.15) is 0 Å². The number of para-hydroxylation sites is 2. The van der Waals surface area contributed by atoms with Gasteiger partial charge in [-0.3, -0.25) is 0 Å². The van der Waals surface area contributed by atoms with Gasteiger partial charge in [0.1, 0.15) is 0 Å². The minimum absolute atomic E-state index is 0.952. The van der Waals surface area contributed by atoms with E-state index in [9.17, 15) is 0 Å². The molecule has 7 aromatic rings. The molecule has 0 spiro atoms. The Morgan fingerprint density at radius 2 is 1.44 bits per heavy atom. The van der Waals surface area contributed by atoms with E-state index in [0.29, 0.717) is 0 Å². The standard InChI is InChI=1S/C39H22I2N4/c1-21-39(43-30-16-7-6-15-29(30)42-21)41(40)45-32-18-17-25-27-13-8-14-28-34-24-11-4-2-9-22(24)23-10-3-5-12-26(23)38(34)44(37(27)28)31-19-20-33(45)36(31)35(25)32/h2-7,9-13,15-17,19H,8,14H2,1H3. The maximum atomic E-state index is 5.21. The molecule has 0 atom stereocenters. The summed E-state index contributed by atoms with van der Waals surface area (Å²) >= 11 is 0.587. The van der Waals surface area contributed by atoms with Crippen LogP contribution in [-0.2, 0) is 6.42 Å². The van der Waals surface area contributed by atoms with E-state index >= 15 is 0 Å². The predicted molar refractivity (Wildman–Crippen MR) is 201 cm³/mol. The fourth-order valence-electron chi connectivity index (χ4n) is 8.06. The zero-order chi connectivity index (χ0) is 29.6. The van der Waals surface area contributed by atoms with Crippen LogP contribution in [0.3, 0.4) is 0 Å². The number of hydrogen-bond acceptors (Lipinski definition) is 2. The van der Waals surface area contributed by atoms with E-state index in [2.05, 4.69) is 123 Å². The first-order valence-corrected chi connectivity index (χ1v) is 23.5. The number of aromatic nitrogens is 4. The van der Waals surface area contributed by atoms with Gasteiger partial charge in [0.15, 0.2) is 0 Å². The number of fused-ring (bicyclic) bond motifs is 11. The SMILES string of the molecule is Cc1nc2ccccc2nc1I(I)n1c2c3c4c1=C=CC=4n1c4c(c5c6ccccc6c6ccccc6c51)CCC=C4C=3C=C=2. The predicted octanol–water partition coefficient (Wildman–Crippen LogP) is 6.54. The summed E-state index contributed by atoms with van der Waals surface area (Å²) < 4.78 is 6.27. The molecule has 4 aliphatic rings. The molecule has 0 saturated carbocycles. The summed E-state index contributed by atoms with van der Waals surface area (Å²) in [4.78, 5) is 10.2. The van der Waals surface area contributed by atoms with Gasteiger partial charge in [0, 0.05) is 0 Å². The van der Waals surface area contributed by atoms with E-state index < -0.39 is 16.1 Å². The van der Waals surface area contributed by atoms with Crippen LogP contribution >= 0.6 is 34.7 Å². The summed E-state index contributed by atoms with van der Waals surface area (Å²) in [6.45, 7) is 2.11. The third-order valence-corrected chi connectivity index (χ3v) is 18.5. The van der Waals surface area contributed by atoms with Crippen molar-refractivity contribution in [3.8, 4) is 0 Å². The summed E-state index contributed by atoms with van der Waals surface area (Å²) in [5.74, 6) is 0. The molecule has 1 aliphatic heterocycles. The van der Waals surface area contributed by atoms with Crippen molar-refractivity contribution in [2.24, 2.45) is 0 Å². The zero-order valence-electron chi connectivity index (χ0n) is 24.1. The molecular formula is C39H22I2N4. The van der Waals surface area contributed by atoms with Crippen LogP contribution in [0.4, 0.5) is 0 Å². The summed E-state index contributed by atoms with van der Waals surface area (Å²) in [6, 6.07) is 26.1. The first kappa shape index (κ1) is 25.0. The van der Waals surface area contributed by atoms with Crippen LogP contribution in [0.1, 0.15) is 23.4 Å². The molecule has 0 fully saturated rings. The van der Waals surface area contributed by atoms with Gasteiger partial charge in [-0.05, 0) is 0 Å². The number of rotatable bonds is 2. The topological polar surface area (TPSA) is 35.6 Å². The fourth-order valence-corrected chi connectivity index (χ4v) is 16.4. The third-order valence-electron chi connectivity index (χ3n) is 9.79. The Hall–Kier alpha value is -4.20. The molecule has 6 heteroatoms. The van der Waals surface area contributed by atoms with E-state index in [1.54, 1.807) is 0 Å². The number of allylic oxidation sites excluding steroid dienone is 4. The Balaban J connectivity index is 1.31. The minimum atomic E-state index is -2.11. The van der Waals surface area contributed by atoms with Crippen LogP contribution in [-0.4, -0.2) is 17.3 Å². The molecule has 0 bridgehead atoms. The van der Waals surface area contributed by atoms with E-state index in [1.165, 1.54) is 81.7 Å². The Morgan fingerprint density at radius 3 is 2.27 bits per heavy atom. The van der Waals surface area contributed by atoms with Gasteiger partial charge in [-0.1, -0.05) is 0 Å². The summed E-state index contributed by atoms with van der Waals surface area (Å²) in [5, 5.41) is 11.6. The number of hydrogen-bond donors (Lipinski definition) is 0. The normalized spacial score (nSPS) is 15.5. The molecule has 4 nitrogen and oxygen atoms in total. The van der Waals surface area contributed by atoms with Gasteiger partial charge in [-0.25, -0.2) is 0 Å². The van der Waals surface area contributed by atoms with Crippen molar-refractivity contribution in [2.75, 3.05) is 0 Å². The van der Waals surface area contributed by atoms with Crippen molar-refractivity contribution in [1.29, 1.82) is 0 Å². The zero-order valence-corrected chi connectivity index (χ0v) is 28.4. The molecule has 0 unspecified atom stereocenters. The van der Waals surface area contributed by atoms with Gasteiger partial charge in [0.2, 0.25) is 0 Å². The quantitative estimate of drug-likeness (QED) is 0.147. The molecule has 4 heterocycles. The van der Waals surface area contributed by atoms with Crippen molar-refractivity contribution in [3.63, 3.8) is 0 Å². The average Bonchev–Trinajstić information content (AvgIpc) is 3.82. The first-order valence-electron chi connectivity index (χ1n) is 15.2. The second-order valence-electron chi connectivity index (χ2n) is 12.0. The molecule has 45 heavy (non-hydrogen) atoms. The number of halogens is 2. The van der Waals surface area contributed by atoms with E-state index in [1.807, 2.05) is 12.1 Å². The molecule has 0 N–H and O–H groups in total. The van der Waals surface area contributed by atoms with Crippen LogP contribution in [0.5, 0.6) is 0 Å². The van der Waals surface area contributed by atoms with Gasteiger partial charge >= 0.3 is 276 Å². The second kappa shape index (κ2) is 8.74.